The highest BCUT2D eigenvalue weighted by molar-refractivity contribution is 5.76. The highest BCUT2D eigenvalue weighted by atomic mass is 16.5. The van der Waals surface area contributed by atoms with E-state index in [0.717, 1.165) is 70.6 Å². The van der Waals surface area contributed by atoms with Gasteiger partial charge in [-0.15, -0.1) is 0 Å². The van der Waals surface area contributed by atoms with Crippen LogP contribution in [0.15, 0.2) is 36.5 Å². The number of carbonyl (C=O) groups excluding carboxylic acids is 2. The van der Waals surface area contributed by atoms with Crippen LogP contribution in [0, 0.1) is 0 Å². The number of unbranched alkanes of at least 4 members (excludes halogenated alkanes) is 43. The molecular weight excluding hydrogens is 875 g/mol. The van der Waals surface area contributed by atoms with Gasteiger partial charge in [-0.3, -0.25) is 9.59 Å². The molecule has 0 aliphatic heterocycles. The second-order valence-electron chi connectivity index (χ2n) is 21.8. The third-order valence-corrected chi connectivity index (χ3v) is 14.7. The van der Waals surface area contributed by atoms with Crippen molar-refractivity contribution in [3.05, 3.63) is 36.5 Å². The fourth-order valence-electron chi connectivity index (χ4n) is 9.80. The number of allylic oxidation sites excluding steroid dienone is 6. The van der Waals surface area contributed by atoms with Gasteiger partial charge in [0.05, 0.1) is 25.4 Å². The molecule has 0 aliphatic carbocycles. The van der Waals surface area contributed by atoms with E-state index in [1.807, 2.05) is 0 Å². The number of amides is 1. The molecule has 0 aromatic rings. The molecule has 0 saturated heterocycles. The first-order chi connectivity index (χ1) is 35.0. The third-order valence-electron chi connectivity index (χ3n) is 14.7. The Hall–Kier alpha value is -1.92. The van der Waals surface area contributed by atoms with Crippen LogP contribution in [-0.4, -0.2) is 47.4 Å². The largest absolute Gasteiger partial charge is 0.466 e. The van der Waals surface area contributed by atoms with Crippen LogP contribution in [0.4, 0.5) is 0 Å². The van der Waals surface area contributed by atoms with Gasteiger partial charge in [-0.05, 0) is 83.5 Å². The lowest BCUT2D eigenvalue weighted by Crippen LogP contribution is -2.45. The number of rotatable bonds is 59. The lowest BCUT2D eigenvalue weighted by Gasteiger charge is -2.22. The topological polar surface area (TPSA) is 95.9 Å². The number of hydrogen-bond acceptors (Lipinski definition) is 5. The number of aliphatic hydroxyl groups excluding tert-OH is 2. The highest BCUT2D eigenvalue weighted by Crippen LogP contribution is 2.18. The van der Waals surface area contributed by atoms with Crippen molar-refractivity contribution in [3.8, 4) is 0 Å². The van der Waals surface area contributed by atoms with E-state index in [1.165, 1.54) is 238 Å². The molecule has 3 N–H and O–H groups in total. The number of ether oxygens (including phenoxy) is 1. The molecule has 0 fully saturated rings. The molecule has 6 nitrogen and oxygen atoms in total. The van der Waals surface area contributed by atoms with E-state index in [9.17, 15) is 19.8 Å². The monoisotopic (exact) mass is 998 g/mol. The van der Waals surface area contributed by atoms with Crippen LogP contribution in [0.2, 0.25) is 0 Å². The summed E-state index contributed by atoms with van der Waals surface area (Å²) in [7, 11) is 0. The first kappa shape index (κ1) is 69.1. The van der Waals surface area contributed by atoms with Crippen molar-refractivity contribution >= 4 is 11.9 Å². The van der Waals surface area contributed by atoms with Crippen molar-refractivity contribution in [2.45, 2.75) is 353 Å². The van der Waals surface area contributed by atoms with Crippen molar-refractivity contribution < 1.29 is 24.5 Å². The van der Waals surface area contributed by atoms with E-state index < -0.39 is 12.1 Å². The maximum absolute atomic E-state index is 12.5. The standard InChI is InChI=1S/C65H123NO5/c1-3-5-7-9-11-13-15-17-19-20-21-23-26-30-33-37-41-45-49-53-57-63(68)62(61-67)66-64(69)58-54-50-46-42-38-34-31-27-24-22-25-28-32-36-40-44-48-52-56-60-71-65(70)59-55-51-47-43-39-35-29-18-16-14-12-10-8-6-4-2/h18,28-29,32,36,40,62-63,67-68H,3-17,19-27,30-31,33-35,37-39,41-61H2,1-2H3,(H,66,69)/b29-18-,32-28-,40-36-. The smallest absolute Gasteiger partial charge is 0.305 e. The second-order valence-corrected chi connectivity index (χ2v) is 21.8. The maximum Gasteiger partial charge on any atom is 0.305 e. The number of carbonyl (C=O) groups is 2. The Bertz CT molecular complexity index is 1150. The summed E-state index contributed by atoms with van der Waals surface area (Å²) in [5.74, 6) is -0.0632. The van der Waals surface area contributed by atoms with Gasteiger partial charge in [-0.2, -0.15) is 0 Å². The molecule has 0 bridgehead atoms. The summed E-state index contributed by atoms with van der Waals surface area (Å²) in [4.78, 5) is 24.6. The van der Waals surface area contributed by atoms with Crippen molar-refractivity contribution in [1.29, 1.82) is 0 Å². The van der Waals surface area contributed by atoms with E-state index in [-0.39, 0.29) is 18.5 Å². The molecule has 0 aromatic heterocycles. The molecule has 2 atom stereocenters. The molecule has 0 aromatic carbocycles. The van der Waals surface area contributed by atoms with Crippen LogP contribution in [0.25, 0.3) is 0 Å². The Morgan fingerprint density at radius 2 is 0.704 bits per heavy atom. The first-order valence-electron chi connectivity index (χ1n) is 31.8. The summed E-state index contributed by atoms with van der Waals surface area (Å²) < 4.78 is 5.45. The van der Waals surface area contributed by atoms with Gasteiger partial charge in [-0.25, -0.2) is 0 Å². The number of esters is 1. The quantitative estimate of drug-likeness (QED) is 0.0244. The Labute approximate surface area is 443 Å². The molecule has 2 unspecified atom stereocenters. The first-order valence-corrected chi connectivity index (χ1v) is 31.8. The van der Waals surface area contributed by atoms with Crippen molar-refractivity contribution in [1.82, 2.24) is 5.32 Å². The third kappa shape index (κ3) is 57.2. The zero-order valence-corrected chi connectivity index (χ0v) is 47.7. The Morgan fingerprint density at radius 3 is 1.08 bits per heavy atom. The van der Waals surface area contributed by atoms with Gasteiger partial charge < -0.3 is 20.3 Å². The van der Waals surface area contributed by atoms with E-state index in [2.05, 4.69) is 55.6 Å². The van der Waals surface area contributed by atoms with Gasteiger partial charge >= 0.3 is 5.97 Å². The minimum absolute atomic E-state index is 0.0209. The fourth-order valence-corrected chi connectivity index (χ4v) is 9.80. The average molecular weight is 999 g/mol. The molecule has 71 heavy (non-hydrogen) atoms. The molecule has 0 saturated carbocycles. The molecule has 0 spiro atoms. The van der Waals surface area contributed by atoms with Crippen molar-refractivity contribution in [2.24, 2.45) is 0 Å². The molecular formula is C65H123NO5. The van der Waals surface area contributed by atoms with Crippen LogP contribution in [-0.2, 0) is 14.3 Å². The fraction of sp³-hybridized carbons (Fsp3) is 0.877. The van der Waals surface area contributed by atoms with Crippen LogP contribution in [0.1, 0.15) is 341 Å². The molecule has 0 radical (unpaired) electrons. The van der Waals surface area contributed by atoms with Gasteiger partial charge in [0.15, 0.2) is 0 Å². The minimum Gasteiger partial charge on any atom is -0.466 e. The Balaban J connectivity index is 3.48. The van der Waals surface area contributed by atoms with Gasteiger partial charge in [0, 0.05) is 12.8 Å². The summed E-state index contributed by atoms with van der Waals surface area (Å²) in [5.41, 5.74) is 0. The normalized spacial score (nSPS) is 12.8. The zero-order valence-electron chi connectivity index (χ0n) is 47.7. The average Bonchev–Trinajstić information content (AvgIpc) is 3.37. The van der Waals surface area contributed by atoms with Crippen LogP contribution in [0.5, 0.6) is 0 Å². The molecule has 6 heteroatoms. The molecule has 0 heterocycles. The summed E-state index contributed by atoms with van der Waals surface area (Å²) in [6, 6.07) is -0.551. The SMILES string of the molecule is CCCCCCCC/C=C\CCCCCCCC(=O)OCCCCC/C=C\C=C/CCCCCCCCCCCCC(=O)NC(CO)C(O)CCCCCCCCCCCCCCCCCCCCCC. The van der Waals surface area contributed by atoms with E-state index in [1.54, 1.807) is 0 Å². The molecule has 0 rings (SSSR count). The maximum atomic E-state index is 12.5. The highest BCUT2D eigenvalue weighted by Gasteiger charge is 2.20. The second kappa shape index (κ2) is 60.6. The summed E-state index contributed by atoms with van der Waals surface area (Å²) in [6.07, 6.45) is 75.8. The van der Waals surface area contributed by atoms with Crippen LogP contribution < -0.4 is 5.32 Å². The van der Waals surface area contributed by atoms with Crippen LogP contribution >= 0.6 is 0 Å². The number of hydrogen-bond donors (Lipinski definition) is 3. The predicted octanol–water partition coefficient (Wildman–Crippen LogP) is 20.0. The van der Waals surface area contributed by atoms with Crippen molar-refractivity contribution in [2.75, 3.05) is 13.2 Å². The van der Waals surface area contributed by atoms with Gasteiger partial charge in [0.2, 0.25) is 5.91 Å². The van der Waals surface area contributed by atoms with E-state index in [4.69, 9.17) is 4.74 Å². The van der Waals surface area contributed by atoms with Gasteiger partial charge in [-0.1, -0.05) is 281 Å². The summed E-state index contributed by atoms with van der Waals surface area (Å²) in [5, 5.41) is 23.4. The molecule has 418 valence electrons. The van der Waals surface area contributed by atoms with Gasteiger partial charge in [0.1, 0.15) is 0 Å². The summed E-state index contributed by atoms with van der Waals surface area (Å²) >= 11 is 0. The number of nitrogens with one attached hydrogen (secondary N) is 1. The Morgan fingerprint density at radius 1 is 0.394 bits per heavy atom. The Kier molecular flexibility index (Phi) is 59.0. The minimum atomic E-state index is -0.673. The van der Waals surface area contributed by atoms with Gasteiger partial charge in [0.25, 0.3) is 0 Å². The van der Waals surface area contributed by atoms with E-state index >= 15 is 0 Å². The summed E-state index contributed by atoms with van der Waals surface area (Å²) in [6.45, 7) is 4.92. The number of aliphatic hydroxyl groups is 2. The lowest BCUT2D eigenvalue weighted by molar-refractivity contribution is -0.143. The predicted molar refractivity (Wildman–Crippen MR) is 310 cm³/mol. The van der Waals surface area contributed by atoms with Crippen LogP contribution in [0.3, 0.4) is 0 Å². The zero-order chi connectivity index (χ0) is 51.4. The lowest BCUT2D eigenvalue weighted by atomic mass is 10.0. The molecule has 0 aliphatic rings. The molecule has 1 amide bonds. The van der Waals surface area contributed by atoms with E-state index in [0.29, 0.717) is 25.9 Å². The van der Waals surface area contributed by atoms with Crippen molar-refractivity contribution in [3.63, 3.8) is 0 Å².